The molecule has 1 N–H and O–H groups in total. The van der Waals surface area contributed by atoms with E-state index in [1.165, 1.54) is 10.7 Å². The fourth-order valence-electron chi connectivity index (χ4n) is 3.13. The van der Waals surface area contributed by atoms with Crippen LogP contribution in [0.15, 0.2) is 72.1 Å². The predicted molar refractivity (Wildman–Crippen MR) is 126 cm³/mol. The van der Waals surface area contributed by atoms with Crippen LogP contribution in [0, 0.1) is 5.82 Å². The van der Waals surface area contributed by atoms with Crippen LogP contribution in [0.3, 0.4) is 0 Å². The minimum absolute atomic E-state index is 0.122. The number of halogens is 3. The highest BCUT2D eigenvalue weighted by atomic mass is 35.5. The lowest BCUT2D eigenvalue weighted by atomic mass is 10.0. The molecule has 1 amide bonds. The van der Waals surface area contributed by atoms with Crippen LogP contribution < -0.4 is 4.72 Å². The monoisotopic (exact) mass is 491 g/mol. The normalized spacial score (nSPS) is 13.5. The number of fused-ring (bicyclic) bond motifs is 1. The highest BCUT2D eigenvalue weighted by Gasteiger charge is 2.16. The van der Waals surface area contributed by atoms with Crippen molar-refractivity contribution >= 4 is 44.1 Å². The van der Waals surface area contributed by atoms with Crippen LogP contribution in [0.1, 0.15) is 13.8 Å². The third-order valence-electron chi connectivity index (χ3n) is 4.71. The van der Waals surface area contributed by atoms with Crippen LogP contribution in [0.25, 0.3) is 27.7 Å². The molecule has 0 spiro atoms. The fourth-order valence-corrected chi connectivity index (χ4v) is 3.78. The Hall–Kier alpha value is -3.30. The molecule has 0 radical (unpaired) electrons. The van der Waals surface area contributed by atoms with Gasteiger partial charge in [-0.1, -0.05) is 41.9 Å². The summed E-state index contributed by atoms with van der Waals surface area (Å²) in [5, 5.41) is 4.94. The molecular formula is C23H20ClF2N3O3S. The summed E-state index contributed by atoms with van der Waals surface area (Å²) in [5.74, 6) is -2.50. The number of hydrogen-bond acceptors (Lipinski definition) is 4. The lowest BCUT2D eigenvalue weighted by Gasteiger charge is -2.10. The Morgan fingerprint density at radius 1 is 1.18 bits per heavy atom. The minimum atomic E-state index is -3.83. The van der Waals surface area contributed by atoms with Gasteiger partial charge in [0.1, 0.15) is 11.6 Å². The predicted octanol–water partition coefficient (Wildman–Crippen LogP) is 5.23. The summed E-state index contributed by atoms with van der Waals surface area (Å²) >= 11 is 6.35. The maximum absolute atomic E-state index is 14.6. The first-order chi connectivity index (χ1) is 15.5. The molecule has 0 unspecified atom stereocenters. The van der Waals surface area contributed by atoms with Crippen LogP contribution in [0.5, 0.6) is 0 Å². The number of amides is 1. The van der Waals surface area contributed by atoms with Gasteiger partial charge in [-0.15, -0.1) is 0 Å². The first-order valence-corrected chi connectivity index (χ1v) is 11.9. The van der Waals surface area contributed by atoms with Gasteiger partial charge in [-0.3, -0.25) is 4.79 Å². The smallest absolute Gasteiger partial charge is 0.260 e. The van der Waals surface area contributed by atoms with Gasteiger partial charge in [0.25, 0.3) is 5.91 Å². The van der Waals surface area contributed by atoms with E-state index in [0.717, 1.165) is 12.3 Å². The highest BCUT2D eigenvalue weighted by molar-refractivity contribution is 7.89. The zero-order valence-corrected chi connectivity index (χ0v) is 19.5. The average molecular weight is 492 g/mol. The molecular weight excluding hydrogens is 472 g/mol. The summed E-state index contributed by atoms with van der Waals surface area (Å²) < 4.78 is 54.2. The number of hydrogen-bond donors (Lipinski definition) is 1. The molecule has 6 nitrogen and oxygen atoms in total. The molecule has 2 aromatic carbocycles. The third-order valence-corrected chi connectivity index (χ3v) is 5.57. The summed E-state index contributed by atoms with van der Waals surface area (Å²) in [6, 6.07) is 11.4. The molecule has 0 aliphatic carbocycles. The number of nitrogens with one attached hydrogen (secondary N) is 1. The zero-order chi connectivity index (χ0) is 24.3. The number of aromatic nitrogens is 2. The van der Waals surface area contributed by atoms with Crippen molar-refractivity contribution in [1.82, 2.24) is 14.5 Å². The number of benzene rings is 2. The van der Waals surface area contributed by atoms with Gasteiger partial charge in [-0.05, 0) is 43.2 Å². The molecule has 0 saturated heterocycles. The van der Waals surface area contributed by atoms with E-state index in [-0.39, 0.29) is 16.7 Å². The van der Waals surface area contributed by atoms with Crippen molar-refractivity contribution in [2.45, 2.75) is 13.8 Å². The molecule has 3 rings (SSSR count). The molecule has 3 aromatic rings. The number of carbonyl (C=O) groups excluding carboxylic acids is 1. The molecule has 0 aliphatic rings. The molecule has 1 aromatic heterocycles. The topological polar surface area (TPSA) is 81.1 Å². The van der Waals surface area contributed by atoms with Crippen molar-refractivity contribution in [3.63, 3.8) is 0 Å². The zero-order valence-electron chi connectivity index (χ0n) is 17.9. The molecule has 0 fully saturated rings. The summed E-state index contributed by atoms with van der Waals surface area (Å²) in [6.45, 7) is 3.45. The SMILES string of the molecule is C\C=C(C)/C(=C\C(F)=C\C(=O)NS(C)(=O)=O)n1nc(Cl)c2cc(-c3ccccc3F)ccc21. The molecule has 0 saturated carbocycles. The average Bonchev–Trinajstić information content (AvgIpc) is 3.06. The Balaban J connectivity index is 2.11. The van der Waals surface area contributed by atoms with Gasteiger partial charge in [0.05, 0.1) is 17.5 Å². The van der Waals surface area contributed by atoms with E-state index >= 15 is 0 Å². The molecule has 33 heavy (non-hydrogen) atoms. The van der Waals surface area contributed by atoms with Crippen molar-refractivity contribution in [1.29, 1.82) is 0 Å². The van der Waals surface area contributed by atoms with E-state index in [9.17, 15) is 22.0 Å². The van der Waals surface area contributed by atoms with Crippen LogP contribution in [0.2, 0.25) is 5.15 Å². The van der Waals surface area contributed by atoms with Gasteiger partial charge >= 0.3 is 0 Å². The summed E-state index contributed by atoms with van der Waals surface area (Å²) in [4.78, 5) is 11.7. The van der Waals surface area contributed by atoms with E-state index in [0.29, 0.717) is 33.7 Å². The van der Waals surface area contributed by atoms with Gasteiger partial charge in [-0.2, -0.15) is 5.10 Å². The van der Waals surface area contributed by atoms with Gasteiger partial charge in [0, 0.05) is 23.1 Å². The molecule has 10 heteroatoms. The second-order valence-electron chi connectivity index (χ2n) is 7.18. The summed E-state index contributed by atoms with van der Waals surface area (Å²) in [5.41, 5.74) is 2.41. The van der Waals surface area contributed by atoms with E-state index in [1.807, 2.05) is 0 Å². The van der Waals surface area contributed by atoms with Crippen molar-refractivity contribution in [3.05, 3.63) is 83.1 Å². The van der Waals surface area contributed by atoms with E-state index in [1.54, 1.807) is 61.0 Å². The van der Waals surface area contributed by atoms with Crippen molar-refractivity contribution in [2.75, 3.05) is 6.26 Å². The van der Waals surface area contributed by atoms with E-state index < -0.39 is 21.8 Å². The van der Waals surface area contributed by atoms with Crippen molar-refractivity contribution in [3.8, 4) is 11.1 Å². The van der Waals surface area contributed by atoms with Crippen molar-refractivity contribution < 1.29 is 22.0 Å². The molecule has 0 bridgehead atoms. The largest absolute Gasteiger partial charge is 0.269 e. The summed E-state index contributed by atoms with van der Waals surface area (Å²) in [6.07, 6.45) is 4.07. The number of carbonyl (C=O) groups is 1. The van der Waals surface area contributed by atoms with Gasteiger partial charge in [-0.25, -0.2) is 26.6 Å². The van der Waals surface area contributed by atoms with Gasteiger partial charge in [0.2, 0.25) is 10.0 Å². The maximum atomic E-state index is 14.6. The van der Waals surface area contributed by atoms with Crippen LogP contribution in [-0.4, -0.2) is 30.4 Å². The molecule has 0 atom stereocenters. The summed E-state index contributed by atoms with van der Waals surface area (Å²) in [7, 11) is -3.83. The lowest BCUT2D eigenvalue weighted by molar-refractivity contribution is -0.114. The van der Waals surface area contributed by atoms with Gasteiger partial charge < -0.3 is 0 Å². The van der Waals surface area contributed by atoms with E-state index in [4.69, 9.17) is 11.6 Å². The molecule has 172 valence electrons. The first-order valence-electron chi connectivity index (χ1n) is 9.67. The third kappa shape index (κ3) is 5.74. The highest BCUT2D eigenvalue weighted by Crippen LogP contribution is 2.33. The van der Waals surface area contributed by atoms with Gasteiger partial charge in [0.15, 0.2) is 5.15 Å². The number of sulfonamides is 1. The number of rotatable bonds is 6. The second-order valence-corrected chi connectivity index (χ2v) is 9.29. The van der Waals surface area contributed by atoms with Crippen molar-refractivity contribution in [2.24, 2.45) is 0 Å². The Morgan fingerprint density at radius 3 is 2.52 bits per heavy atom. The Labute approximate surface area is 194 Å². The minimum Gasteiger partial charge on any atom is -0.269 e. The lowest BCUT2D eigenvalue weighted by Crippen LogP contribution is -2.27. The first kappa shape index (κ1) is 24.3. The number of allylic oxidation sites excluding steroid dienone is 5. The molecule has 0 aliphatic heterocycles. The second kappa shape index (κ2) is 9.68. The fraction of sp³-hybridized carbons (Fsp3) is 0.130. The van der Waals surface area contributed by atoms with E-state index in [2.05, 4.69) is 5.10 Å². The van der Waals surface area contributed by atoms with Crippen LogP contribution >= 0.6 is 11.6 Å². The molecule has 1 heterocycles. The Kier molecular flexibility index (Phi) is 7.14. The Morgan fingerprint density at radius 2 is 1.88 bits per heavy atom. The van der Waals surface area contributed by atoms with Crippen LogP contribution in [0.4, 0.5) is 8.78 Å². The Bertz CT molecular complexity index is 1440. The van der Waals surface area contributed by atoms with Crippen LogP contribution in [-0.2, 0) is 14.8 Å². The standard InChI is InChI=1S/C23H20ClF2N3O3S/c1-4-14(2)21(12-16(25)13-22(30)28-33(3,31)32)29-20-10-9-15(11-18(20)23(24)27-29)17-7-5-6-8-19(17)26/h4-13H,1-3H3,(H,28,30)/b14-4-,16-13-,21-12+. The maximum Gasteiger partial charge on any atom is 0.260 e. The quantitative estimate of drug-likeness (QED) is 0.378. The number of nitrogens with zero attached hydrogens (tertiary/aromatic N) is 2.